The Labute approximate surface area is 188 Å². The molecule has 1 unspecified atom stereocenters. The number of piperidine rings is 1. The van der Waals surface area contributed by atoms with Crippen LogP contribution in [0.4, 0.5) is 8.78 Å². The largest absolute Gasteiger partial charge is 0.469 e. The van der Waals surface area contributed by atoms with Gasteiger partial charge in [-0.25, -0.2) is 8.78 Å². The van der Waals surface area contributed by atoms with E-state index in [0.717, 1.165) is 75.6 Å². The Balaban J connectivity index is 1.26. The summed E-state index contributed by atoms with van der Waals surface area (Å²) in [5, 5.41) is 7.00. The Hall–Kier alpha value is -2.45. The second-order valence-corrected chi connectivity index (χ2v) is 8.52. The number of guanidine groups is 1. The van der Waals surface area contributed by atoms with Gasteiger partial charge < -0.3 is 19.8 Å². The molecule has 0 amide bonds. The Morgan fingerprint density at radius 3 is 2.72 bits per heavy atom. The summed E-state index contributed by atoms with van der Waals surface area (Å²) in [6, 6.07) is 8.33. The van der Waals surface area contributed by atoms with Crippen LogP contribution >= 0.6 is 0 Å². The van der Waals surface area contributed by atoms with Crippen LogP contribution in [-0.4, -0.2) is 55.8 Å². The van der Waals surface area contributed by atoms with Crippen LogP contribution < -0.4 is 10.6 Å². The highest BCUT2D eigenvalue weighted by atomic mass is 19.2. The van der Waals surface area contributed by atoms with Crippen molar-refractivity contribution in [3.8, 4) is 0 Å². The quantitative estimate of drug-likeness (QED) is 0.480. The molecule has 0 saturated carbocycles. The van der Waals surface area contributed by atoms with Crippen LogP contribution in [0.1, 0.15) is 37.0 Å². The SMILES string of the molecule is Fc1ccc(CN2CCC(NC(=NCC3CCCO3)NCCc3ccco3)CC2)cc1F. The molecule has 1 atom stereocenters. The maximum Gasteiger partial charge on any atom is 0.191 e. The average molecular weight is 447 g/mol. The number of rotatable bonds is 8. The molecule has 32 heavy (non-hydrogen) atoms. The maximum atomic E-state index is 13.5. The molecule has 3 heterocycles. The van der Waals surface area contributed by atoms with Crippen LogP contribution in [0.15, 0.2) is 46.0 Å². The summed E-state index contributed by atoms with van der Waals surface area (Å²) < 4.78 is 37.7. The van der Waals surface area contributed by atoms with Gasteiger partial charge in [0.25, 0.3) is 0 Å². The first-order valence-corrected chi connectivity index (χ1v) is 11.5. The molecule has 0 spiro atoms. The molecular formula is C24H32F2N4O2. The van der Waals surface area contributed by atoms with E-state index in [1.165, 1.54) is 12.1 Å². The number of nitrogens with zero attached hydrogens (tertiary/aromatic N) is 2. The second kappa shape index (κ2) is 11.4. The van der Waals surface area contributed by atoms with Crippen LogP contribution in [0.2, 0.25) is 0 Å². The molecule has 2 aromatic rings. The highest BCUT2D eigenvalue weighted by molar-refractivity contribution is 5.80. The average Bonchev–Trinajstić information content (AvgIpc) is 3.50. The number of likely N-dealkylation sites (tertiary alicyclic amines) is 1. The Bertz CT molecular complexity index is 861. The third kappa shape index (κ3) is 6.77. The van der Waals surface area contributed by atoms with Gasteiger partial charge in [0.05, 0.1) is 18.9 Å². The van der Waals surface area contributed by atoms with Crippen molar-refractivity contribution in [2.24, 2.45) is 4.99 Å². The van der Waals surface area contributed by atoms with Crippen molar-refractivity contribution in [1.29, 1.82) is 0 Å². The van der Waals surface area contributed by atoms with Crippen molar-refractivity contribution in [3.05, 3.63) is 59.6 Å². The van der Waals surface area contributed by atoms with Gasteiger partial charge in [0.15, 0.2) is 17.6 Å². The first kappa shape index (κ1) is 22.7. The Morgan fingerprint density at radius 2 is 2.00 bits per heavy atom. The molecule has 2 fully saturated rings. The maximum absolute atomic E-state index is 13.5. The van der Waals surface area contributed by atoms with E-state index in [0.29, 0.717) is 19.1 Å². The molecule has 2 aliphatic rings. The fraction of sp³-hybridized carbons (Fsp3) is 0.542. The summed E-state index contributed by atoms with van der Waals surface area (Å²) in [5.74, 6) is 0.172. The number of furan rings is 1. The van der Waals surface area contributed by atoms with E-state index >= 15 is 0 Å². The number of hydrogen-bond acceptors (Lipinski definition) is 4. The van der Waals surface area contributed by atoms with Gasteiger partial charge in [0, 0.05) is 45.2 Å². The van der Waals surface area contributed by atoms with E-state index in [9.17, 15) is 8.78 Å². The summed E-state index contributed by atoms with van der Waals surface area (Å²) >= 11 is 0. The van der Waals surface area contributed by atoms with Gasteiger partial charge in [-0.3, -0.25) is 9.89 Å². The molecule has 0 aliphatic carbocycles. The predicted molar refractivity (Wildman–Crippen MR) is 119 cm³/mol. The first-order chi connectivity index (χ1) is 15.7. The molecule has 8 heteroatoms. The van der Waals surface area contributed by atoms with Crippen molar-refractivity contribution < 1.29 is 17.9 Å². The lowest BCUT2D eigenvalue weighted by molar-refractivity contribution is 0.117. The number of aliphatic imine (C=N–C) groups is 1. The number of benzene rings is 1. The molecule has 1 aromatic heterocycles. The summed E-state index contributed by atoms with van der Waals surface area (Å²) in [7, 11) is 0. The highest BCUT2D eigenvalue weighted by Crippen LogP contribution is 2.16. The molecule has 1 aromatic carbocycles. The monoisotopic (exact) mass is 446 g/mol. The molecular weight excluding hydrogens is 414 g/mol. The summed E-state index contributed by atoms with van der Waals surface area (Å²) in [6.45, 7) is 4.63. The van der Waals surface area contributed by atoms with Crippen LogP contribution in [0, 0.1) is 11.6 Å². The van der Waals surface area contributed by atoms with E-state index in [-0.39, 0.29) is 6.10 Å². The van der Waals surface area contributed by atoms with Gasteiger partial charge in [0.2, 0.25) is 0 Å². The van der Waals surface area contributed by atoms with Crippen LogP contribution in [-0.2, 0) is 17.7 Å². The third-order valence-electron chi connectivity index (χ3n) is 6.04. The van der Waals surface area contributed by atoms with E-state index in [2.05, 4.69) is 15.5 Å². The first-order valence-electron chi connectivity index (χ1n) is 11.5. The normalized spacial score (nSPS) is 20.6. The van der Waals surface area contributed by atoms with Crippen LogP contribution in [0.3, 0.4) is 0 Å². The van der Waals surface area contributed by atoms with Crippen molar-refractivity contribution in [1.82, 2.24) is 15.5 Å². The smallest absolute Gasteiger partial charge is 0.191 e. The predicted octanol–water partition coefficient (Wildman–Crippen LogP) is 3.48. The van der Waals surface area contributed by atoms with Gasteiger partial charge in [-0.1, -0.05) is 6.07 Å². The third-order valence-corrected chi connectivity index (χ3v) is 6.04. The van der Waals surface area contributed by atoms with Crippen molar-refractivity contribution in [2.45, 2.75) is 50.8 Å². The van der Waals surface area contributed by atoms with E-state index in [4.69, 9.17) is 14.1 Å². The number of ether oxygens (including phenoxy) is 1. The minimum atomic E-state index is -0.800. The Morgan fingerprint density at radius 1 is 1.12 bits per heavy atom. The van der Waals surface area contributed by atoms with Gasteiger partial charge >= 0.3 is 0 Å². The van der Waals surface area contributed by atoms with Gasteiger partial charge in [0.1, 0.15) is 5.76 Å². The highest BCUT2D eigenvalue weighted by Gasteiger charge is 2.21. The molecule has 174 valence electrons. The molecule has 2 N–H and O–H groups in total. The summed E-state index contributed by atoms with van der Waals surface area (Å²) in [4.78, 5) is 7.05. The lowest BCUT2D eigenvalue weighted by Gasteiger charge is -2.33. The zero-order valence-electron chi connectivity index (χ0n) is 18.4. The molecule has 2 aliphatic heterocycles. The molecule has 4 rings (SSSR count). The fourth-order valence-corrected chi connectivity index (χ4v) is 4.22. The molecule has 0 bridgehead atoms. The van der Waals surface area contributed by atoms with Crippen LogP contribution in [0.5, 0.6) is 0 Å². The lowest BCUT2D eigenvalue weighted by Crippen LogP contribution is -2.49. The zero-order chi connectivity index (χ0) is 22.2. The van der Waals surface area contributed by atoms with Gasteiger partial charge in [-0.15, -0.1) is 0 Å². The molecule has 0 radical (unpaired) electrons. The molecule has 2 saturated heterocycles. The van der Waals surface area contributed by atoms with Gasteiger partial charge in [-0.05, 0) is 55.5 Å². The number of nitrogens with one attached hydrogen (secondary N) is 2. The van der Waals surface area contributed by atoms with E-state index < -0.39 is 11.6 Å². The van der Waals surface area contributed by atoms with Crippen molar-refractivity contribution in [2.75, 3.05) is 32.8 Å². The van der Waals surface area contributed by atoms with Crippen LogP contribution in [0.25, 0.3) is 0 Å². The minimum absolute atomic E-state index is 0.205. The Kier molecular flexibility index (Phi) is 8.12. The minimum Gasteiger partial charge on any atom is -0.469 e. The van der Waals surface area contributed by atoms with Crippen molar-refractivity contribution >= 4 is 5.96 Å². The van der Waals surface area contributed by atoms with E-state index in [1.807, 2.05) is 12.1 Å². The summed E-state index contributed by atoms with van der Waals surface area (Å²) in [5.41, 5.74) is 0.800. The molecule has 6 nitrogen and oxygen atoms in total. The standard InChI is InChI=1S/C24H32F2N4O2/c25-22-6-5-18(15-23(22)26)17-30-11-8-19(9-12-30)29-24(28-16-21-4-2-14-32-21)27-10-7-20-3-1-13-31-20/h1,3,5-6,13,15,19,21H,2,4,7-12,14,16-17H2,(H2,27,28,29). The topological polar surface area (TPSA) is 62.0 Å². The fourth-order valence-electron chi connectivity index (χ4n) is 4.22. The van der Waals surface area contributed by atoms with Crippen molar-refractivity contribution in [3.63, 3.8) is 0 Å². The van der Waals surface area contributed by atoms with E-state index in [1.54, 1.807) is 12.3 Å². The number of hydrogen-bond donors (Lipinski definition) is 2. The zero-order valence-corrected chi connectivity index (χ0v) is 18.4. The number of halogens is 2. The summed E-state index contributed by atoms with van der Waals surface area (Å²) in [6.07, 6.45) is 6.77. The second-order valence-electron chi connectivity index (χ2n) is 8.52. The van der Waals surface area contributed by atoms with Gasteiger partial charge in [-0.2, -0.15) is 0 Å². The lowest BCUT2D eigenvalue weighted by atomic mass is 10.0.